The monoisotopic (exact) mass is 221 g/mol. The van der Waals surface area contributed by atoms with E-state index >= 15 is 0 Å². The second-order valence-electron chi connectivity index (χ2n) is 2.19. The highest BCUT2D eigenvalue weighted by molar-refractivity contribution is 9.09. The van der Waals surface area contributed by atoms with Crippen molar-refractivity contribution in [2.24, 2.45) is 0 Å². The van der Waals surface area contributed by atoms with E-state index in [0.29, 0.717) is 5.45 Å². The molecule has 0 aliphatic carbocycles. The summed E-state index contributed by atoms with van der Waals surface area (Å²) in [6.45, 7) is 0.216. The van der Waals surface area contributed by atoms with Gasteiger partial charge in [0.1, 0.15) is 0 Å². The number of likely N-dealkylation sites (N-methyl/N-ethyl adjacent to an activating group) is 1. The number of carbonyl (C=O) groups is 2. The van der Waals surface area contributed by atoms with E-state index in [1.807, 2.05) is 0 Å². The molecule has 1 aliphatic heterocycles. The smallest absolute Gasteiger partial charge is 0.273 e. The Kier molecular flexibility index (Phi) is 2.45. The first kappa shape index (κ1) is 8.48. The van der Waals surface area contributed by atoms with Crippen LogP contribution in [-0.2, 0) is 4.79 Å². The molecule has 0 aromatic rings. The number of imide groups is 1. The molecule has 1 heterocycles. The van der Waals surface area contributed by atoms with Crippen LogP contribution in [0.15, 0.2) is 0 Å². The van der Waals surface area contributed by atoms with E-state index in [4.69, 9.17) is 0 Å². The summed E-state index contributed by atoms with van der Waals surface area (Å²) in [4.78, 5) is 22.9. The minimum Gasteiger partial charge on any atom is -0.273 e. The Bertz CT molecular complexity index is 178. The molecule has 0 spiro atoms. The fourth-order valence-electron chi connectivity index (χ4n) is 0.705. The zero-order chi connectivity index (χ0) is 8.43. The van der Waals surface area contributed by atoms with Gasteiger partial charge < -0.3 is 0 Å². The van der Waals surface area contributed by atoms with Gasteiger partial charge in [0, 0.05) is 7.05 Å². The van der Waals surface area contributed by atoms with Gasteiger partial charge in [-0.2, -0.15) is 5.01 Å². The number of nitrogens with zero attached hydrogens (tertiary/aromatic N) is 2. The molecule has 0 radical (unpaired) electrons. The minimum atomic E-state index is -0.388. The van der Waals surface area contributed by atoms with E-state index in [-0.39, 0.29) is 18.5 Å². The molecule has 0 atom stereocenters. The fourth-order valence-corrected chi connectivity index (χ4v) is 1.01. The van der Waals surface area contributed by atoms with Crippen molar-refractivity contribution in [1.82, 2.24) is 15.3 Å². The van der Waals surface area contributed by atoms with Gasteiger partial charge in [-0.05, 0) is 0 Å². The molecule has 1 fully saturated rings. The molecule has 1 rings (SSSR count). The van der Waals surface area contributed by atoms with Crippen LogP contribution >= 0.6 is 15.9 Å². The predicted octanol–water partition coefficient (Wildman–Crippen LogP) is -0.263. The van der Waals surface area contributed by atoms with Gasteiger partial charge in [0.2, 0.25) is 5.91 Å². The average molecular weight is 222 g/mol. The quantitative estimate of drug-likeness (QED) is 0.491. The summed E-state index contributed by atoms with van der Waals surface area (Å²) >= 11 is 3.13. The normalized spacial score (nSPS) is 20.4. The van der Waals surface area contributed by atoms with Gasteiger partial charge in [-0.1, -0.05) is 15.9 Å². The number of nitrogens with one attached hydrogen (secondary N) is 1. The van der Waals surface area contributed by atoms with Gasteiger partial charge in [-0.3, -0.25) is 15.1 Å². The lowest BCUT2D eigenvalue weighted by atomic mass is 10.5. The van der Waals surface area contributed by atoms with Crippen molar-refractivity contribution in [3.05, 3.63) is 0 Å². The second-order valence-corrected chi connectivity index (χ2v) is 2.69. The third-order valence-electron chi connectivity index (χ3n) is 1.40. The van der Waals surface area contributed by atoms with E-state index in [2.05, 4.69) is 21.4 Å². The SMILES string of the molecule is CN1C(=O)CN(CBr)NC1=O. The van der Waals surface area contributed by atoms with Crippen LogP contribution in [0.2, 0.25) is 0 Å². The second kappa shape index (κ2) is 3.19. The van der Waals surface area contributed by atoms with E-state index in [9.17, 15) is 9.59 Å². The molecule has 3 amide bonds. The van der Waals surface area contributed by atoms with Gasteiger partial charge in [0.25, 0.3) is 0 Å². The average Bonchev–Trinajstić information content (AvgIpc) is 1.99. The maximum atomic E-state index is 11.0. The summed E-state index contributed by atoms with van der Waals surface area (Å²) in [5, 5.41) is 1.49. The lowest BCUT2D eigenvalue weighted by molar-refractivity contribution is -0.131. The number of amides is 3. The van der Waals surface area contributed by atoms with Crippen LogP contribution in [0.1, 0.15) is 0 Å². The highest BCUT2D eigenvalue weighted by atomic mass is 79.9. The third-order valence-corrected chi connectivity index (χ3v) is 2.01. The molecular weight excluding hydrogens is 214 g/mol. The first-order valence-electron chi connectivity index (χ1n) is 3.03. The third kappa shape index (κ3) is 1.69. The highest BCUT2D eigenvalue weighted by Crippen LogP contribution is 1.99. The summed E-state index contributed by atoms with van der Waals surface area (Å²) in [6, 6.07) is -0.388. The van der Waals surface area contributed by atoms with Crippen LogP contribution in [0.4, 0.5) is 4.79 Å². The van der Waals surface area contributed by atoms with Crippen LogP contribution in [0.3, 0.4) is 0 Å². The van der Waals surface area contributed by atoms with Crippen molar-refractivity contribution in [2.75, 3.05) is 19.0 Å². The van der Waals surface area contributed by atoms with E-state index in [0.717, 1.165) is 4.90 Å². The molecule has 5 nitrogen and oxygen atoms in total. The summed E-state index contributed by atoms with van der Waals surface area (Å²) < 4.78 is 0. The van der Waals surface area contributed by atoms with Crippen molar-refractivity contribution in [3.63, 3.8) is 0 Å². The van der Waals surface area contributed by atoms with Gasteiger partial charge >= 0.3 is 6.03 Å². The summed E-state index contributed by atoms with van der Waals surface area (Å²) in [5.41, 5.74) is 2.96. The summed E-state index contributed by atoms with van der Waals surface area (Å²) in [6.07, 6.45) is 0. The molecular formula is C5H8BrN3O2. The Balaban J connectivity index is 2.62. The molecule has 0 unspecified atom stereocenters. The highest BCUT2D eigenvalue weighted by Gasteiger charge is 2.26. The number of carbonyl (C=O) groups excluding carboxylic acids is 2. The van der Waals surface area contributed by atoms with Crippen LogP contribution < -0.4 is 5.43 Å². The Morgan fingerprint density at radius 1 is 1.64 bits per heavy atom. The first-order chi connectivity index (χ1) is 5.15. The predicted molar refractivity (Wildman–Crippen MR) is 41.8 cm³/mol. The van der Waals surface area contributed by atoms with Gasteiger partial charge in [0.05, 0.1) is 12.0 Å². The number of halogens is 1. The molecule has 6 heteroatoms. The number of hydrogen-bond donors (Lipinski definition) is 1. The lowest BCUT2D eigenvalue weighted by Crippen LogP contribution is -2.58. The molecule has 1 saturated heterocycles. The van der Waals surface area contributed by atoms with E-state index < -0.39 is 0 Å². The van der Waals surface area contributed by atoms with Crippen LogP contribution in [0, 0.1) is 0 Å². The van der Waals surface area contributed by atoms with E-state index in [1.165, 1.54) is 12.1 Å². The molecule has 1 aliphatic rings. The van der Waals surface area contributed by atoms with E-state index in [1.54, 1.807) is 0 Å². The Morgan fingerprint density at radius 2 is 2.27 bits per heavy atom. The maximum absolute atomic E-state index is 11.0. The number of hydrogen-bond acceptors (Lipinski definition) is 3. The Hall–Kier alpha value is -0.620. The molecule has 0 saturated carbocycles. The van der Waals surface area contributed by atoms with Crippen LogP contribution in [0.25, 0.3) is 0 Å². The standard InChI is InChI=1S/C5H8BrN3O2/c1-8-4(10)2-9(3-6)7-5(8)11/h2-3H2,1H3,(H,7,11). The first-order valence-corrected chi connectivity index (χ1v) is 4.15. The number of hydrazine groups is 1. The fraction of sp³-hybridized carbons (Fsp3) is 0.600. The van der Waals surface area contributed by atoms with Gasteiger partial charge in [0.15, 0.2) is 0 Å². The lowest BCUT2D eigenvalue weighted by Gasteiger charge is -2.29. The number of urea groups is 1. The van der Waals surface area contributed by atoms with Crippen molar-refractivity contribution in [3.8, 4) is 0 Å². The van der Waals surface area contributed by atoms with Crippen LogP contribution in [0.5, 0.6) is 0 Å². The van der Waals surface area contributed by atoms with Crippen molar-refractivity contribution < 1.29 is 9.59 Å². The zero-order valence-corrected chi connectivity index (χ0v) is 7.59. The van der Waals surface area contributed by atoms with Crippen molar-refractivity contribution >= 4 is 27.9 Å². The summed E-state index contributed by atoms with van der Waals surface area (Å²) in [5.74, 6) is -0.201. The Labute approximate surface area is 72.4 Å². The van der Waals surface area contributed by atoms with Crippen molar-refractivity contribution in [2.45, 2.75) is 0 Å². The van der Waals surface area contributed by atoms with Crippen molar-refractivity contribution in [1.29, 1.82) is 0 Å². The molecule has 1 N–H and O–H groups in total. The van der Waals surface area contributed by atoms with Gasteiger partial charge in [-0.15, -0.1) is 0 Å². The molecule has 62 valence electrons. The zero-order valence-electron chi connectivity index (χ0n) is 6.00. The number of rotatable bonds is 1. The maximum Gasteiger partial charge on any atom is 0.338 e. The van der Waals surface area contributed by atoms with Gasteiger partial charge in [-0.25, -0.2) is 4.79 Å². The molecule has 0 bridgehead atoms. The Morgan fingerprint density at radius 3 is 2.73 bits per heavy atom. The molecule has 0 aromatic heterocycles. The summed E-state index contributed by atoms with van der Waals surface area (Å²) in [7, 11) is 1.45. The number of alkyl halides is 1. The topological polar surface area (TPSA) is 52.7 Å². The molecule has 11 heavy (non-hydrogen) atoms. The minimum absolute atomic E-state index is 0.201. The molecule has 0 aromatic carbocycles. The largest absolute Gasteiger partial charge is 0.338 e. The van der Waals surface area contributed by atoms with Crippen LogP contribution in [-0.4, -0.2) is 40.9 Å².